The second-order valence-electron chi connectivity index (χ2n) is 3.50. The molecule has 1 aromatic carbocycles. The van der Waals surface area contributed by atoms with Gasteiger partial charge in [-0.05, 0) is 17.2 Å². The van der Waals surface area contributed by atoms with Crippen LogP contribution in [0.2, 0.25) is 0 Å². The van der Waals surface area contributed by atoms with Gasteiger partial charge in [-0.1, -0.05) is 36.9 Å². The van der Waals surface area contributed by atoms with Gasteiger partial charge in [-0.15, -0.1) is 0 Å². The SMILES string of the molecule is C=COS(=O)(=O)C1C(=O)C=Cc2ccccc21. The maximum absolute atomic E-state index is 11.8. The molecule has 0 saturated heterocycles. The minimum atomic E-state index is -4.01. The molecule has 0 aromatic heterocycles. The van der Waals surface area contributed by atoms with Gasteiger partial charge in [0.2, 0.25) is 0 Å². The van der Waals surface area contributed by atoms with Crippen LogP contribution in [0.5, 0.6) is 0 Å². The van der Waals surface area contributed by atoms with Crippen LogP contribution in [0.25, 0.3) is 6.08 Å². The summed E-state index contributed by atoms with van der Waals surface area (Å²) >= 11 is 0. The van der Waals surface area contributed by atoms with Gasteiger partial charge >= 0.3 is 10.1 Å². The third-order valence-corrected chi connectivity index (χ3v) is 3.92. The molecule has 5 heteroatoms. The number of hydrogen-bond donors (Lipinski definition) is 0. The summed E-state index contributed by atoms with van der Waals surface area (Å²) in [6, 6.07) is 6.80. The predicted molar refractivity (Wildman–Crippen MR) is 63.4 cm³/mol. The van der Waals surface area contributed by atoms with Crippen molar-refractivity contribution in [2.24, 2.45) is 0 Å². The van der Waals surface area contributed by atoms with Crippen molar-refractivity contribution in [1.82, 2.24) is 0 Å². The zero-order chi connectivity index (χ0) is 12.5. The molecule has 1 aliphatic carbocycles. The zero-order valence-electron chi connectivity index (χ0n) is 8.87. The first-order valence-electron chi connectivity index (χ1n) is 4.90. The summed E-state index contributed by atoms with van der Waals surface area (Å²) in [5.74, 6) is -0.509. The Morgan fingerprint density at radius 1 is 1.24 bits per heavy atom. The van der Waals surface area contributed by atoms with Crippen LogP contribution in [0.15, 0.2) is 43.2 Å². The predicted octanol–water partition coefficient (Wildman–Crippen LogP) is 1.81. The van der Waals surface area contributed by atoms with Gasteiger partial charge in [0.1, 0.15) is 0 Å². The van der Waals surface area contributed by atoms with Gasteiger partial charge in [0.15, 0.2) is 11.0 Å². The second-order valence-corrected chi connectivity index (χ2v) is 5.15. The molecule has 0 bridgehead atoms. The fourth-order valence-electron chi connectivity index (χ4n) is 1.76. The molecule has 1 aromatic rings. The van der Waals surface area contributed by atoms with Gasteiger partial charge in [0, 0.05) is 0 Å². The average Bonchev–Trinajstić information content (AvgIpc) is 2.28. The minimum absolute atomic E-state index is 0.432. The molecule has 0 saturated carbocycles. The van der Waals surface area contributed by atoms with Crippen molar-refractivity contribution in [3.05, 3.63) is 54.3 Å². The summed E-state index contributed by atoms with van der Waals surface area (Å²) in [7, 11) is -4.01. The van der Waals surface area contributed by atoms with Gasteiger partial charge in [0.05, 0.1) is 6.26 Å². The molecular formula is C12H10O4S. The standard InChI is InChI=1S/C12H10O4S/c1-2-16-17(14,15)12-10-6-4-3-5-9(10)7-8-11(12)13/h2-8,12H,1H2. The molecule has 2 rings (SSSR count). The Bertz CT molecular complexity index is 599. The number of allylic oxidation sites excluding steroid dienone is 1. The first-order chi connectivity index (χ1) is 8.06. The normalized spacial score (nSPS) is 18.6. The molecular weight excluding hydrogens is 240 g/mol. The first kappa shape index (κ1) is 11.6. The van der Waals surface area contributed by atoms with Crippen LogP contribution in [-0.2, 0) is 19.1 Å². The highest BCUT2D eigenvalue weighted by Crippen LogP contribution is 2.32. The highest BCUT2D eigenvalue weighted by atomic mass is 32.2. The van der Waals surface area contributed by atoms with Crippen molar-refractivity contribution in [2.75, 3.05) is 0 Å². The molecule has 88 valence electrons. The summed E-state index contributed by atoms with van der Waals surface area (Å²) in [4.78, 5) is 11.7. The molecule has 0 spiro atoms. The third kappa shape index (κ3) is 2.01. The molecule has 17 heavy (non-hydrogen) atoms. The van der Waals surface area contributed by atoms with Gasteiger partial charge in [-0.2, -0.15) is 8.42 Å². The second kappa shape index (κ2) is 4.18. The lowest BCUT2D eigenvalue weighted by atomic mass is 9.96. The molecule has 0 fully saturated rings. The molecule has 1 atom stereocenters. The molecule has 0 heterocycles. The van der Waals surface area contributed by atoms with E-state index in [4.69, 9.17) is 0 Å². The number of hydrogen-bond acceptors (Lipinski definition) is 4. The number of ketones is 1. The number of benzene rings is 1. The first-order valence-corrected chi connectivity index (χ1v) is 6.37. The summed E-state index contributed by atoms with van der Waals surface area (Å²) in [5.41, 5.74) is 1.13. The Kier molecular flexibility index (Phi) is 2.85. The van der Waals surface area contributed by atoms with Crippen molar-refractivity contribution in [1.29, 1.82) is 0 Å². The minimum Gasteiger partial charge on any atom is -0.390 e. The fraction of sp³-hybridized carbons (Fsp3) is 0.0833. The number of carbonyl (C=O) groups excluding carboxylic acids is 1. The van der Waals surface area contributed by atoms with Crippen molar-refractivity contribution in [3.8, 4) is 0 Å². The maximum atomic E-state index is 11.8. The molecule has 1 aliphatic rings. The molecule has 4 nitrogen and oxygen atoms in total. The summed E-state index contributed by atoms with van der Waals surface area (Å²) < 4.78 is 28.1. The Balaban J connectivity index is 2.58. The van der Waals surface area contributed by atoms with Crippen molar-refractivity contribution < 1.29 is 17.4 Å². The highest BCUT2D eigenvalue weighted by molar-refractivity contribution is 7.87. The van der Waals surface area contributed by atoms with E-state index in [0.717, 1.165) is 6.26 Å². The average molecular weight is 250 g/mol. The lowest BCUT2D eigenvalue weighted by molar-refractivity contribution is -0.114. The van der Waals surface area contributed by atoms with Gasteiger partial charge in [-0.3, -0.25) is 4.79 Å². The fourth-order valence-corrected chi connectivity index (χ4v) is 2.95. The summed E-state index contributed by atoms with van der Waals surface area (Å²) in [5, 5.41) is -1.30. The van der Waals surface area contributed by atoms with Crippen LogP contribution in [0.1, 0.15) is 16.4 Å². The van der Waals surface area contributed by atoms with E-state index in [9.17, 15) is 13.2 Å². The van der Waals surface area contributed by atoms with Crippen LogP contribution in [0, 0.1) is 0 Å². The highest BCUT2D eigenvalue weighted by Gasteiger charge is 2.36. The van der Waals surface area contributed by atoms with E-state index >= 15 is 0 Å². The van der Waals surface area contributed by atoms with E-state index in [2.05, 4.69) is 10.8 Å². The largest absolute Gasteiger partial charge is 0.390 e. The molecule has 1 unspecified atom stereocenters. The third-order valence-electron chi connectivity index (χ3n) is 2.45. The van der Waals surface area contributed by atoms with Crippen molar-refractivity contribution in [3.63, 3.8) is 0 Å². The quantitative estimate of drug-likeness (QED) is 0.606. The van der Waals surface area contributed by atoms with E-state index in [1.54, 1.807) is 30.3 Å². The van der Waals surface area contributed by atoms with Crippen molar-refractivity contribution in [2.45, 2.75) is 5.25 Å². The van der Waals surface area contributed by atoms with E-state index in [1.807, 2.05) is 0 Å². The van der Waals surface area contributed by atoms with Crippen LogP contribution >= 0.6 is 0 Å². The molecule has 0 radical (unpaired) electrons. The van der Waals surface area contributed by atoms with Gasteiger partial charge in [0.25, 0.3) is 0 Å². The number of rotatable bonds is 3. The lowest BCUT2D eigenvalue weighted by Gasteiger charge is -2.19. The smallest absolute Gasteiger partial charge is 0.323 e. The van der Waals surface area contributed by atoms with E-state index in [0.29, 0.717) is 11.1 Å². The Labute approximate surface area is 99.3 Å². The molecule has 0 N–H and O–H groups in total. The Morgan fingerprint density at radius 3 is 2.65 bits per heavy atom. The van der Waals surface area contributed by atoms with E-state index in [-0.39, 0.29) is 0 Å². The van der Waals surface area contributed by atoms with Gasteiger partial charge in [-0.25, -0.2) is 0 Å². The van der Waals surface area contributed by atoms with Crippen LogP contribution in [0.3, 0.4) is 0 Å². The summed E-state index contributed by atoms with van der Waals surface area (Å²) in [6.45, 7) is 3.19. The maximum Gasteiger partial charge on any atom is 0.323 e. The van der Waals surface area contributed by atoms with Gasteiger partial charge < -0.3 is 4.18 Å². The summed E-state index contributed by atoms with van der Waals surface area (Å²) in [6.07, 6.45) is 3.65. The lowest BCUT2D eigenvalue weighted by Crippen LogP contribution is -2.24. The topological polar surface area (TPSA) is 60.4 Å². The molecule has 0 aliphatic heterocycles. The van der Waals surface area contributed by atoms with Crippen LogP contribution < -0.4 is 0 Å². The Morgan fingerprint density at radius 2 is 1.94 bits per heavy atom. The van der Waals surface area contributed by atoms with Crippen LogP contribution in [-0.4, -0.2) is 14.2 Å². The van der Waals surface area contributed by atoms with Crippen molar-refractivity contribution >= 4 is 22.0 Å². The molecule has 0 amide bonds. The zero-order valence-corrected chi connectivity index (χ0v) is 9.68. The number of fused-ring (bicyclic) bond motifs is 1. The van der Waals surface area contributed by atoms with E-state index < -0.39 is 21.2 Å². The Hall–Kier alpha value is -1.88. The van der Waals surface area contributed by atoms with E-state index in [1.165, 1.54) is 6.08 Å². The monoisotopic (exact) mass is 250 g/mol. The number of carbonyl (C=O) groups is 1. The van der Waals surface area contributed by atoms with Crippen LogP contribution in [0.4, 0.5) is 0 Å².